The number of benzene rings is 8. The molecule has 0 heterocycles. The number of fused-ring (bicyclic) bond motifs is 3. The predicted molar refractivity (Wildman–Crippen MR) is 310 cm³/mol. The van der Waals surface area contributed by atoms with Gasteiger partial charge >= 0.3 is 5.97 Å². The highest BCUT2D eigenvalue weighted by atomic mass is 32.2. The molecule has 93 heavy (non-hydrogen) atoms. The lowest BCUT2D eigenvalue weighted by molar-refractivity contribution is -0.432. The Kier molecular flexibility index (Phi) is 21.0. The second-order valence-corrected chi connectivity index (χ2v) is 26.7. The van der Waals surface area contributed by atoms with Crippen molar-refractivity contribution in [1.29, 1.82) is 0 Å². The molecule has 0 atom stereocenters. The number of nitrogens with zero attached hydrogens (tertiary/aromatic N) is 9. The van der Waals surface area contributed by atoms with Gasteiger partial charge in [-0.3, -0.25) is 32.9 Å². The lowest BCUT2D eigenvalue weighted by Crippen LogP contribution is -2.09. The molecule has 13 N–H and O–H groups in total. The van der Waals surface area contributed by atoms with Crippen molar-refractivity contribution in [1.82, 2.24) is 0 Å². The van der Waals surface area contributed by atoms with Crippen molar-refractivity contribution in [3.05, 3.63) is 101 Å². The minimum atomic E-state index is -5.74. The van der Waals surface area contributed by atoms with Crippen LogP contribution in [0.1, 0.15) is 0 Å². The Labute approximate surface area is 528 Å². The van der Waals surface area contributed by atoms with Crippen LogP contribution in [-0.2, 0) is 83.5 Å². The van der Waals surface area contributed by atoms with Gasteiger partial charge in [-0.25, -0.2) is 20.6 Å². The first-order valence-corrected chi connectivity index (χ1v) is 32.8. The summed E-state index contributed by atoms with van der Waals surface area (Å²) in [7, 11) is -27.1. The number of nitrogen functional groups attached to an aromatic ring is 1. The maximum Gasteiger partial charge on any atom is 0.341 e. The summed E-state index contributed by atoms with van der Waals surface area (Å²) in [4.78, 5) is 16.0. The van der Waals surface area contributed by atoms with E-state index in [4.69, 9.17) is 26.2 Å². The molecular weight excluding hydrogens is 1420 g/mol. The summed E-state index contributed by atoms with van der Waals surface area (Å²) in [6.07, 6.45) is 0. The molecule has 0 aliphatic carbocycles. The van der Waals surface area contributed by atoms with E-state index in [-0.39, 0.29) is 50.3 Å². The van der Waals surface area contributed by atoms with Gasteiger partial charge in [0.15, 0.2) is 23.8 Å². The number of carbonyl (C=O) groups is 1. The first-order chi connectivity index (χ1) is 43.5. The largest absolute Gasteiger partial charge is 0.505 e. The van der Waals surface area contributed by atoms with E-state index in [1.807, 2.05) is 0 Å². The van der Waals surface area contributed by atoms with E-state index in [1.165, 1.54) is 6.07 Å². The smallest absolute Gasteiger partial charge is 0.341 e. The molecule has 0 saturated heterocycles. The number of hydrogen-bond donors (Lipinski definition) is 12. The van der Waals surface area contributed by atoms with Gasteiger partial charge in [0.05, 0.1) is 83.1 Å². The molecule has 490 valence electrons. The normalized spacial score (nSPS) is 12.9. The van der Waals surface area contributed by atoms with Crippen LogP contribution in [0, 0.1) is 10.1 Å². The van der Waals surface area contributed by atoms with Gasteiger partial charge in [-0.15, -0.1) is 48.8 Å². The average Bonchev–Trinajstić information content (AvgIpc) is 0.756. The number of nitro groups is 1. The first kappa shape index (κ1) is 70.1. The van der Waals surface area contributed by atoms with E-state index in [9.17, 15) is 95.1 Å². The Morgan fingerprint density at radius 1 is 0.516 bits per heavy atom. The summed E-state index contributed by atoms with van der Waals surface area (Å²) in [5.41, 5.74) is -0.890. The number of nitrogens with two attached hydrogens (primary N) is 1. The molecule has 0 fully saturated rings. The number of ether oxygens (including phenoxy) is 1. The zero-order valence-electron chi connectivity index (χ0n) is 44.3. The number of azo groups is 4. The van der Waals surface area contributed by atoms with Gasteiger partial charge in [-0.1, -0.05) is 15.1 Å². The number of phenols is 2. The van der Waals surface area contributed by atoms with Gasteiger partial charge in [0, 0.05) is 38.6 Å². The zero-order valence-corrected chi connectivity index (χ0v) is 50.9. The number of hydrogen-bond acceptors (Lipinski definition) is 37. The van der Waals surface area contributed by atoms with Crippen molar-refractivity contribution in [3.8, 4) is 17.2 Å². The fourth-order valence-corrected chi connectivity index (χ4v) is 12.9. The van der Waals surface area contributed by atoms with Gasteiger partial charge in [0.25, 0.3) is 56.3 Å². The zero-order chi connectivity index (χ0) is 68.3. The molecule has 0 unspecified atom stereocenters. The lowest BCUT2D eigenvalue weighted by Gasteiger charge is -2.15. The van der Waals surface area contributed by atoms with Gasteiger partial charge in [0.2, 0.25) is 0 Å². The highest BCUT2D eigenvalue weighted by Crippen LogP contribution is 2.52. The number of carboxylic acids is 1. The Hall–Kier alpha value is -8.75. The van der Waals surface area contributed by atoms with Gasteiger partial charge in [-0.05, 0) is 84.2 Å². The summed E-state index contributed by atoms with van der Waals surface area (Å²) >= 11 is 0.459. The molecule has 0 radical (unpaired) electrons. The molecule has 0 saturated carbocycles. The molecule has 0 spiro atoms. The third-order valence-electron chi connectivity index (χ3n) is 11.8. The van der Waals surface area contributed by atoms with E-state index >= 15 is 0 Å². The molecule has 0 aromatic heterocycles. The molecular formula is C44H30N10O31S8. The van der Waals surface area contributed by atoms with E-state index in [0.717, 1.165) is 66.7 Å². The van der Waals surface area contributed by atoms with Crippen LogP contribution in [0.25, 0.3) is 32.3 Å². The number of rotatable bonds is 26. The fourth-order valence-electron chi connectivity index (χ4n) is 8.11. The quantitative estimate of drug-likeness (QED) is 0.00456. The van der Waals surface area contributed by atoms with E-state index < -0.39 is 187 Å². The molecule has 8 aromatic carbocycles. The minimum absolute atomic E-state index is 0.0172. The highest BCUT2D eigenvalue weighted by molar-refractivity contribution is 7.95. The van der Waals surface area contributed by atoms with Crippen LogP contribution in [0.4, 0.5) is 56.9 Å². The monoisotopic (exact) mass is 1450 g/mol. The summed E-state index contributed by atoms with van der Waals surface area (Å²) < 4.78 is 197. The van der Waals surface area contributed by atoms with Crippen molar-refractivity contribution in [2.75, 3.05) is 12.3 Å². The van der Waals surface area contributed by atoms with E-state index in [2.05, 4.69) is 69.0 Å². The Morgan fingerprint density at radius 3 is 1.68 bits per heavy atom. The van der Waals surface area contributed by atoms with Gasteiger partial charge in [0.1, 0.15) is 48.9 Å². The molecule has 0 aliphatic heterocycles. The van der Waals surface area contributed by atoms with Crippen molar-refractivity contribution < 1.29 is 139 Å². The number of aliphatic carboxylic acids is 1. The number of anilines is 1. The van der Waals surface area contributed by atoms with Crippen LogP contribution in [-0.4, -0.2) is 113 Å². The topological polar surface area (TPSA) is 643 Å². The summed E-state index contributed by atoms with van der Waals surface area (Å²) in [5.74, 6) is -4.69. The Bertz CT molecular complexity index is 5160. The Morgan fingerprint density at radius 2 is 1.08 bits per heavy atom. The van der Waals surface area contributed by atoms with E-state index in [0.29, 0.717) is 30.2 Å². The molecule has 0 amide bonds. The molecule has 0 bridgehead atoms. The number of carboxylic acid groups (broad SMARTS) is 1. The van der Waals surface area contributed by atoms with Crippen LogP contribution in [0.5, 0.6) is 17.2 Å². The molecule has 49 heteroatoms. The van der Waals surface area contributed by atoms with E-state index in [1.54, 1.807) is 0 Å². The second kappa shape index (κ2) is 27.8. The van der Waals surface area contributed by atoms with Crippen molar-refractivity contribution >= 4 is 182 Å². The number of aromatic hydroxyl groups is 2. The molecule has 0 aliphatic rings. The van der Waals surface area contributed by atoms with Crippen molar-refractivity contribution in [2.24, 2.45) is 40.9 Å². The number of nitro benzene ring substituents is 1. The van der Waals surface area contributed by atoms with Crippen LogP contribution in [0.2, 0.25) is 0 Å². The molecule has 8 rings (SSSR count). The van der Waals surface area contributed by atoms with Gasteiger partial charge in [-0.2, -0.15) is 47.2 Å². The van der Waals surface area contributed by atoms with Crippen LogP contribution < -0.4 is 10.5 Å². The van der Waals surface area contributed by atoms with Crippen molar-refractivity contribution in [3.63, 3.8) is 0 Å². The Balaban J connectivity index is 1.24. The summed E-state index contributed by atoms with van der Waals surface area (Å²) in [6.45, 7) is -1.15. The van der Waals surface area contributed by atoms with Crippen LogP contribution >= 0.6 is 36.1 Å². The molecule has 8 aromatic rings. The second-order valence-electron chi connectivity index (χ2n) is 17.4. The van der Waals surface area contributed by atoms with Crippen LogP contribution in [0.3, 0.4) is 0 Å². The maximum atomic E-state index is 13.2. The third kappa shape index (κ3) is 16.0. The molecule has 41 nitrogen and oxygen atoms in total. The maximum absolute atomic E-state index is 13.2. The first-order valence-electron chi connectivity index (χ1n) is 23.4. The lowest BCUT2D eigenvalue weighted by atomic mass is 10.0. The third-order valence-corrected chi connectivity index (χ3v) is 18.0. The number of phenolic OH excluding ortho intramolecular Hbond substituents is 2. The van der Waals surface area contributed by atoms with Gasteiger partial charge < -0.3 is 25.8 Å². The van der Waals surface area contributed by atoms with Crippen molar-refractivity contribution in [2.45, 2.75) is 39.2 Å². The highest BCUT2D eigenvalue weighted by Gasteiger charge is 2.31. The standard InChI is InChI=1S/C44H30N10O31S8/c45-39-29(15-34(91(70,71)72)24-13-33(88-85-82-63)40(43(58)38(24)39)52-47-25-5-2-19(86-83-80-61)10-30(25)54(59)60)51-49-27-6-3-22-23(44(27)93(76,77)78)14-35(92(73,74)75)41(42(22)57)53-48-26-4-1-18(9-31(26)79-16-36(55)56)46-50-28-11-20(89(64,65)66)7-17-8-21(90(67,68)69)12-32(37(17)28)87-84-81-62/h1-15,57-58,61-63H,16,45H2,(H,55,56)(H,64,65,66)(H,67,68,69)(H,70,71,72)(H,73,74,75)(H,76,77,78). The fraction of sp³-hybridized carbons (Fsp3) is 0.0227. The summed E-state index contributed by atoms with van der Waals surface area (Å²) in [5, 5.41) is 108. The minimum Gasteiger partial charge on any atom is -0.505 e. The predicted octanol–water partition coefficient (Wildman–Crippen LogP) is 10.7. The summed E-state index contributed by atoms with van der Waals surface area (Å²) in [6, 6.07) is 12.1. The SMILES string of the molecule is Nc1c(N=Nc2ccc3c(O)c(N=Nc4ccc(N=Nc5cc(S(=O)(=O)O)cc6cc(S(=O)(=O)O)cc(SOOO)c56)cc4OCC(=O)O)c(S(=O)(=O)O)cc3c2S(=O)(=O)O)cc(S(=O)(=O)O)c2cc(SOOO)c(N=Nc3ccc(SOOO)cc3[N+](=O)[O-])c(O)c12. The average molecular weight is 1450 g/mol. The van der Waals surface area contributed by atoms with Crippen LogP contribution in [0.15, 0.2) is 171 Å².